The SMILES string of the molecule is CC(C)(C)OC(=O)N[C@@H](Cc1c[nH]c2ccccc12)C(=O)N[C@H](C(=O)N[C@@H](CC(=O)OCc1ccccc1)C(=O)N[C@@H](Cc1cccc2ccccc12)C(N)=O)C1CCCCC1. The first-order valence-electron chi connectivity index (χ1n) is 21.1. The highest BCUT2D eigenvalue weighted by atomic mass is 16.6. The van der Waals surface area contributed by atoms with E-state index in [4.69, 9.17) is 15.2 Å². The molecule has 0 radical (unpaired) electrons. The molecule has 326 valence electrons. The van der Waals surface area contributed by atoms with Crippen molar-refractivity contribution in [1.29, 1.82) is 0 Å². The highest BCUT2D eigenvalue weighted by Gasteiger charge is 2.37. The number of esters is 1. The largest absolute Gasteiger partial charge is 0.461 e. The number of rotatable bonds is 17. The number of fused-ring (bicyclic) bond motifs is 2. The maximum atomic E-state index is 14.6. The molecule has 0 spiro atoms. The number of aromatic amines is 1. The number of aromatic nitrogens is 1. The zero-order valence-electron chi connectivity index (χ0n) is 35.4. The highest BCUT2D eigenvalue weighted by molar-refractivity contribution is 5.97. The van der Waals surface area contributed by atoms with Crippen LogP contribution in [0.3, 0.4) is 0 Å². The van der Waals surface area contributed by atoms with Crippen LogP contribution in [0.1, 0.15) is 76.0 Å². The van der Waals surface area contributed by atoms with Gasteiger partial charge in [-0.25, -0.2) is 4.79 Å². The molecule has 14 nitrogen and oxygen atoms in total. The summed E-state index contributed by atoms with van der Waals surface area (Å²) >= 11 is 0. The maximum absolute atomic E-state index is 14.6. The number of carbonyl (C=O) groups excluding carboxylic acids is 6. The van der Waals surface area contributed by atoms with Crippen molar-refractivity contribution < 1.29 is 38.2 Å². The molecule has 1 saturated carbocycles. The summed E-state index contributed by atoms with van der Waals surface area (Å²) in [5, 5.41) is 13.7. The van der Waals surface area contributed by atoms with Crippen LogP contribution in [0.5, 0.6) is 0 Å². The number of H-pyrrole nitrogens is 1. The molecule has 4 aromatic carbocycles. The Bertz CT molecular complexity index is 2360. The number of nitrogens with one attached hydrogen (secondary N) is 5. The van der Waals surface area contributed by atoms with Crippen LogP contribution in [-0.2, 0) is 52.9 Å². The first-order chi connectivity index (χ1) is 29.7. The second-order valence-electron chi connectivity index (χ2n) is 16.9. The lowest BCUT2D eigenvalue weighted by molar-refractivity contribution is -0.147. The molecule has 0 saturated heterocycles. The molecule has 0 bridgehead atoms. The molecule has 1 aliphatic carbocycles. The lowest BCUT2D eigenvalue weighted by Gasteiger charge is -2.32. The van der Waals surface area contributed by atoms with E-state index in [1.165, 1.54) is 0 Å². The molecule has 1 aliphatic rings. The Morgan fingerprint density at radius 3 is 2.03 bits per heavy atom. The minimum Gasteiger partial charge on any atom is -0.461 e. The summed E-state index contributed by atoms with van der Waals surface area (Å²) in [5.41, 5.74) is 8.08. The van der Waals surface area contributed by atoms with E-state index in [-0.39, 0.29) is 25.4 Å². The third kappa shape index (κ3) is 12.4. The number of hydrogen-bond donors (Lipinski definition) is 6. The fraction of sp³-hybridized carbons (Fsp3) is 0.375. The molecule has 5 aromatic rings. The Morgan fingerprint density at radius 1 is 0.677 bits per heavy atom. The van der Waals surface area contributed by atoms with Crippen LogP contribution in [0.15, 0.2) is 103 Å². The molecule has 6 rings (SSSR count). The van der Waals surface area contributed by atoms with Crippen molar-refractivity contribution in [2.24, 2.45) is 11.7 Å². The fourth-order valence-corrected chi connectivity index (χ4v) is 7.92. The lowest BCUT2D eigenvalue weighted by atomic mass is 9.83. The number of benzene rings is 4. The molecule has 1 aromatic heterocycles. The van der Waals surface area contributed by atoms with Crippen molar-refractivity contribution in [3.63, 3.8) is 0 Å². The van der Waals surface area contributed by atoms with Gasteiger partial charge in [0.25, 0.3) is 0 Å². The summed E-state index contributed by atoms with van der Waals surface area (Å²) in [4.78, 5) is 85.8. The van der Waals surface area contributed by atoms with Crippen LogP contribution in [-0.4, -0.2) is 70.4 Å². The zero-order valence-corrected chi connectivity index (χ0v) is 35.4. The van der Waals surface area contributed by atoms with Gasteiger partial charge in [0, 0.05) is 29.9 Å². The second-order valence-corrected chi connectivity index (χ2v) is 16.9. The number of carbonyl (C=O) groups is 6. The maximum Gasteiger partial charge on any atom is 0.408 e. The third-order valence-electron chi connectivity index (χ3n) is 11.0. The van der Waals surface area contributed by atoms with E-state index in [0.717, 1.165) is 57.6 Å². The van der Waals surface area contributed by atoms with Crippen molar-refractivity contribution in [2.45, 2.75) is 109 Å². The van der Waals surface area contributed by atoms with E-state index < -0.39 is 71.9 Å². The van der Waals surface area contributed by atoms with E-state index in [9.17, 15) is 28.8 Å². The molecule has 1 fully saturated rings. The van der Waals surface area contributed by atoms with Gasteiger partial charge in [0.15, 0.2) is 0 Å². The molecule has 14 heteroatoms. The van der Waals surface area contributed by atoms with Crippen LogP contribution in [0.4, 0.5) is 4.79 Å². The van der Waals surface area contributed by atoms with E-state index in [0.29, 0.717) is 12.8 Å². The fourth-order valence-electron chi connectivity index (χ4n) is 7.92. The number of ether oxygens (including phenoxy) is 2. The quantitative estimate of drug-likeness (QED) is 0.0643. The standard InChI is InChI=1S/C48H56N6O8/c1-48(2,3)62-47(60)53-39(26-34-28-50-37-24-13-12-23-36(34)37)45(58)54-42(32-18-8-5-9-19-32)46(59)52-40(27-41(55)61-29-30-15-6-4-7-16-30)44(57)51-38(43(49)56)25-33-21-14-20-31-17-10-11-22-35(31)33/h4,6-7,10-17,20-24,28,32,38-40,42,50H,5,8-9,18-19,25-27,29H2,1-3H3,(H2,49,56)(H,51,57)(H,52,59)(H,53,60)(H,54,58)/t38-,39-,40-,42-/m0/s1. The van der Waals surface area contributed by atoms with Crippen LogP contribution in [0.2, 0.25) is 0 Å². The van der Waals surface area contributed by atoms with Gasteiger partial charge >= 0.3 is 12.1 Å². The van der Waals surface area contributed by atoms with Crippen LogP contribution >= 0.6 is 0 Å². The number of nitrogens with two attached hydrogens (primary N) is 1. The van der Waals surface area contributed by atoms with Crippen LogP contribution in [0.25, 0.3) is 21.7 Å². The average Bonchev–Trinajstić information content (AvgIpc) is 3.66. The smallest absolute Gasteiger partial charge is 0.408 e. The van der Waals surface area contributed by atoms with Gasteiger partial charge in [0.1, 0.15) is 36.4 Å². The van der Waals surface area contributed by atoms with Crippen molar-refractivity contribution >= 4 is 57.4 Å². The summed E-state index contributed by atoms with van der Waals surface area (Å²) in [6.45, 7) is 5.06. The van der Waals surface area contributed by atoms with Crippen LogP contribution in [0, 0.1) is 5.92 Å². The number of amides is 5. The molecular weight excluding hydrogens is 789 g/mol. The van der Waals surface area contributed by atoms with Crippen LogP contribution < -0.4 is 27.0 Å². The molecule has 5 amide bonds. The summed E-state index contributed by atoms with van der Waals surface area (Å²) < 4.78 is 11.1. The third-order valence-corrected chi connectivity index (χ3v) is 11.0. The predicted molar refractivity (Wildman–Crippen MR) is 235 cm³/mol. The molecule has 0 unspecified atom stereocenters. The van der Waals surface area contributed by atoms with E-state index in [2.05, 4.69) is 26.3 Å². The molecule has 0 aliphatic heterocycles. The number of hydrogen-bond acceptors (Lipinski definition) is 8. The molecule has 62 heavy (non-hydrogen) atoms. The first kappa shape index (κ1) is 44.8. The Hall–Kier alpha value is -6.70. The van der Waals surface area contributed by atoms with Crippen molar-refractivity contribution in [3.8, 4) is 0 Å². The van der Waals surface area contributed by atoms with Gasteiger partial charge < -0.3 is 41.5 Å². The zero-order chi connectivity index (χ0) is 44.2. The minimum atomic E-state index is -1.52. The van der Waals surface area contributed by atoms with Crippen molar-refractivity contribution in [1.82, 2.24) is 26.3 Å². The second kappa shape index (κ2) is 20.7. The monoisotopic (exact) mass is 844 g/mol. The first-order valence-corrected chi connectivity index (χ1v) is 21.1. The molecule has 4 atom stereocenters. The average molecular weight is 845 g/mol. The Kier molecular flexibility index (Phi) is 15.0. The van der Waals surface area contributed by atoms with Gasteiger partial charge in [-0.1, -0.05) is 110 Å². The number of alkyl carbamates (subject to hydrolysis) is 1. The van der Waals surface area contributed by atoms with E-state index >= 15 is 0 Å². The predicted octanol–water partition coefficient (Wildman–Crippen LogP) is 5.65. The Morgan fingerprint density at radius 2 is 1.31 bits per heavy atom. The lowest BCUT2D eigenvalue weighted by Crippen LogP contribution is -2.60. The topological polar surface area (TPSA) is 211 Å². The number of primary amides is 1. The minimum absolute atomic E-state index is 0.0464. The molecular formula is C48H56N6O8. The summed E-state index contributed by atoms with van der Waals surface area (Å²) in [6, 6.07) is 24.7. The molecule has 1 heterocycles. The van der Waals surface area contributed by atoms with E-state index in [1.54, 1.807) is 51.2 Å². The van der Waals surface area contributed by atoms with Gasteiger partial charge in [0.2, 0.25) is 23.6 Å². The molecule has 7 N–H and O–H groups in total. The normalized spacial score (nSPS) is 15.1. The summed E-state index contributed by atoms with van der Waals surface area (Å²) in [5.74, 6) is -4.11. The van der Waals surface area contributed by atoms with Gasteiger partial charge in [-0.3, -0.25) is 24.0 Å². The van der Waals surface area contributed by atoms with Gasteiger partial charge in [-0.2, -0.15) is 0 Å². The van der Waals surface area contributed by atoms with Gasteiger partial charge in [0.05, 0.1) is 6.42 Å². The van der Waals surface area contributed by atoms with Crippen molar-refractivity contribution in [2.75, 3.05) is 0 Å². The number of para-hydroxylation sites is 1. The van der Waals surface area contributed by atoms with Crippen molar-refractivity contribution in [3.05, 3.63) is 120 Å². The summed E-state index contributed by atoms with van der Waals surface area (Å²) in [6.07, 6.45) is 4.27. The van der Waals surface area contributed by atoms with Gasteiger partial charge in [-0.15, -0.1) is 0 Å². The summed E-state index contributed by atoms with van der Waals surface area (Å²) in [7, 11) is 0. The highest BCUT2D eigenvalue weighted by Crippen LogP contribution is 2.28. The van der Waals surface area contributed by atoms with E-state index in [1.807, 2.05) is 72.8 Å². The Labute approximate surface area is 361 Å². The Balaban J connectivity index is 1.25. The van der Waals surface area contributed by atoms with Gasteiger partial charge in [-0.05, 0) is 73.1 Å².